The smallest absolute Gasteiger partial charge is 0.207 e. The molecule has 0 aliphatic carbocycles. The number of nitrogens with one attached hydrogen (secondary N) is 1. The lowest BCUT2D eigenvalue weighted by Crippen LogP contribution is -2.33. The first-order chi connectivity index (χ1) is 14.6. The summed E-state index contributed by atoms with van der Waals surface area (Å²) >= 11 is 0. The van der Waals surface area contributed by atoms with Crippen molar-refractivity contribution in [2.75, 3.05) is 24.2 Å². The van der Waals surface area contributed by atoms with Gasteiger partial charge in [-0.3, -0.25) is 4.57 Å². The molecule has 0 amide bonds. The number of nitrogens with zero attached hydrogens (tertiary/aromatic N) is 4. The predicted molar refractivity (Wildman–Crippen MR) is 111 cm³/mol. The number of hydrogen-bond donors (Lipinski definition) is 5. The number of fused-ring (bicyclic) bond motifs is 1. The number of rotatable bonds is 8. The van der Waals surface area contributed by atoms with Gasteiger partial charge in [0.05, 0.1) is 6.61 Å². The Morgan fingerprint density at radius 3 is 2.63 bits per heavy atom. The van der Waals surface area contributed by atoms with Crippen LogP contribution >= 0.6 is 0 Å². The van der Waals surface area contributed by atoms with E-state index in [-0.39, 0.29) is 5.82 Å². The number of hydrogen-bond acceptors (Lipinski definition) is 9. The van der Waals surface area contributed by atoms with Gasteiger partial charge in [-0.05, 0) is 24.8 Å². The summed E-state index contributed by atoms with van der Waals surface area (Å²) in [6, 6.07) is 10.3. The molecule has 3 aromatic rings. The first-order valence-corrected chi connectivity index (χ1v) is 9.98. The van der Waals surface area contributed by atoms with Gasteiger partial charge in [0.15, 0.2) is 23.2 Å². The number of aromatic nitrogens is 4. The molecular weight excluding hydrogens is 388 g/mol. The standard InChI is InChI=1S/C20H26N6O4/c21-17-14-18(24-11-23-17)26(19-16(29)15(28)13(10-27)30-19)20(25-14)22-9-5-4-8-12-6-2-1-3-7-12/h1-3,6-7,11,13,15-16,19,27-29H,4-5,8-10H2,(H,22,25)(H2,21,23,24)/t13-,15?,16?,19-/m1/s1. The van der Waals surface area contributed by atoms with Crippen molar-refractivity contribution in [2.45, 2.75) is 43.8 Å². The van der Waals surface area contributed by atoms with Crippen molar-refractivity contribution in [3.63, 3.8) is 0 Å². The van der Waals surface area contributed by atoms with Gasteiger partial charge in [0, 0.05) is 6.54 Å². The minimum Gasteiger partial charge on any atom is -0.394 e. The highest BCUT2D eigenvalue weighted by Crippen LogP contribution is 2.35. The van der Waals surface area contributed by atoms with E-state index in [9.17, 15) is 15.3 Å². The van der Waals surface area contributed by atoms with E-state index < -0.39 is 31.1 Å². The normalized spacial score (nSPS) is 23.8. The fraction of sp³-hybridized carbons (Fsp3) is 0.450. The second kappa shape index (κ2) is 8.92. The van der Waals surface area contributed by atoms with E-state index in [1.54, 1.807) is 4.57 Å². The zero-order valence-corrected chi connectivity index (χ0v) is 16.4. The quantitative estimate of drug-likeness (QED) is 0.331. The third-order valence-electron chi connectivity index (χ3n) is 5.30. The van der Waals surface area contributed by atoms with E-state index in [1.165, 1.54) is 11.9 Å². The molecule has 4 rings (SSSR count). The van der Waals surface area contributed by atoms with Crippen molar-refractivity contribution >= 4 is 22.9 Å². The van der Waals surface area contributed by atoms with Crippen LogP contribution in [-0.2, 0) is 11.2 Å². The van der Waals surface area contributed by atoms with Crippen molar-refractivity contribution in [3.05, 3.63) is 42.2 Å². The molecule has 30 heavy (non-hydrogen) atoms. The second-order valence-corrected chi connectivity index (χ2v) is 7.33. The van der Waals surface area contributed by atoms with Crippen LogP contribution in [0.1, 0.15) is 24.6 Å². The number of aryl methyl sites for hydroxylation is 1. The predicted octanol–water partition coefficient (Wildman–Crippen LogP) is 0.455. The van der Waals surface area contributed by atoms with Crippen LogP contribution in [0.2, 0.25) is 0 Å². The monoisotopic (exact) mass is 414 g/mol. The van der Waals surface area contributed by atoms with Crippen LogP contribution in [0.5, 0.6) is 0 Å². The Morgan fingerprint density at radius 2 is 1.90 bits per heavy atom. The number of unbranched alkanes of at least 4 members (excludes halogenated alkanes) is 1. The van der Waals surface area contributed by atoms with Crippen LogP contribution in [-0.4, -0.2) is 66.3 Å². The molecule has 10 nitrogen and oxygen atoms in total. The molecule has 0 radical (unpaired) electrons. The first kappa shape index (κ1) is 20.5. The van der Waals surface area contributed by atoms with Crippen LogP contribution in [0.3, 0.4) is 0 Å². The lowest BCUT2D eigenvalue weighted by Gasteiger charge is -2.19. The van der Waals surface area contributed by atoms with Gasteiger partial charge in [0.1, 0.15) is 24.6 Å². The summed E-state index contributed by atoms with van der Waals surface area (Å²) in [5, 5.41) is 33.3. The molecule has 1 fully saturated rings. The largest absolute Gasteiger partial charge is 0.394 e. The number of ether oxygens (including phenoxy) is 1. The lowest BCUT2D eigenvalue weighted by atomic mass is 10.1. The minimum absolute atomic E-state index is 0.206. The van der Waals surface area contributed by atoms with Crippen LogP contribution in [0.15, 0.2) is 36.7 Å². The molecule has 160 valence electrons. The fourth-order valence-electron chi connectivity index (χ4n) is 3.68. The lowest BCUT2D eigenvalue weighted by molar-refractivity contribution is -0.0501. The Kier molecular flexibility index (Phi) is 6.09. The van der Waals surface area contributed by atoms with E-state index in [2.05, 4.69) is 32.4 Å². The summed E-state index contributed by atoms with van der Waals surface area (Å²) in [6.45, 7) is 0.221. The maximum absolute atomic E-state index is 10.5. The molecule has 1 saturated heterocycles. The fourth-order valence-corrected chi connectivity index (χ4v) is 3.68. The van der Waals surface area contributed by atoms with Crippen molar-refractivity contribution in [1.82, 2.24) is 19.5 Å². The van der Waals surface area contributed by atoms with Crippen molar-refractivity contribution in [1.29, 1.82) is 0 Å². The summed E-state index contributed by atoms with van der Waals surface area (Å²) in [6.07, 6.45) is -0.178. The number of anilines is 2. The Balaban J connectivity index is 1.51. The number of imidazole rings is 1. The first-order valence-electron chi connectivity index (χ1n) is 9.98. The number of nitrogen functional groups attached to an aromatic ring is 1. The van der Waals surface area contributed by atoms with Crippen molar-refractivity contribution in [3.8, 4) is 0 Å². The molecule has 3 heterocycles. The Bertz CT molecular complexity index is 982. The molecule has 0 spiro atoms. The second-order valence-electron chi connectivity index (χ2n) is 7.33. The highest BCUT2D eigenvalue weighted by atomic mass is 16.6. The molecule has 0 bridgehead atoms. The Hall–Kier alpha value is -2.79. The van der Waals surface area contributed by atoms with E-state index in [0.29, 0.717) is 23.7 Å². The number of aliphatic hydroxyl groups excluding tert-OH is 3. The highest BCUT2D eigenvalue weighted by Gasteiger charge is 2.45. The van der Waals surface area contributed by atoms with Crippen molar-refractivity contribution in [2.24, 2.45) is 0 Å². The van der Waals surface area contributed by atoms with Gasteiger partial charge in [0.25, 0.3) is 0 Å². The summed E-state index contributed by atoms with van der Waals surface area (Å²) < 4.78 is 7.25. The number of benzene rings is 1. The summed E-state index contributed by atoms with van der Waals surface area (Å²) in [5.74, 6) is 0.615. The Morgan fingerprint density at radius 1 is 1.10 bits per heavy atom. The average Bonchev–Trinajstić information content (AvgIpc) is 3.26. The van der Waals surface area contributed by atoms with Gasteiger partial charge in [0.2, 0.25) is 5.95 Å². The van der Waals surface area contributed by atoms with Crippen LogP contribution < -0.4 is 11.1 Å². The van der Waals surface area contributed by atoms with Crippen molar-refractivity contribution < 1.29 is 20.1 Å². The zero-order valence-electron chi connectivity index (χ0n) is 16.4. The molecule has 1 aliphatic rings. The summed E-state index contributed by atoms with van der Waals surface area (Å²) in [7, 11) is 0. The molecule has 6 N–H and O–H groups in total. The molecular formula is C20H26N6O4. The van der Waals surface area contributed by atoms with Gasteiger partial charge in [-0.1, -0.05) is 30.3 Å². The number of nitrogens with two attached hydrogens (primary N) is 1. The van der Waals surface area contributed by atoms with E-state index in [4.69, 9.17) is 10.5 Å². The van der Waals surface area contributed by atoms with E-state index >= 15 is 0 Å². The topological polar surface area (TPSA) is 152 Å². The van der Waals surface area contributed by atoms with E-state index in [1.807, 2.05) is 18.2 Å². The van der Waals surface area contributed by atoms with E-state index in [0.717, 1.165) is 19.3 Å². The van der Waals surface area contributed by atoms with Gasteiger partial charge >= 0.3 is 0 Å². The molecule has 4 atom stereocenters. The third-order valence-corrected chi connectivity index (χ3v) is 5.30. The maximum atomic E-state index is 10.5. The molecule has 1 aromatic carbocycles. The molecule has 10 heteroatoms. The van der Waals surface area contributed by atoms with Gasteiger partial charge in [-0.25, -0.2) is 15.0 Å². The third kappa shape index (κ3) is 3.94. The summed E-state index contributed by atoms with van der Waals surface area (Å²) in [5.41, 5.74) is 7.99. The Labute approximate surface area is 173 Å². The van der Waals surface area contributed by atoms with Gasteiger partial charge < -0.3 is 31.1 Å². The van der Waals surface area contributed by atoms with Gasteiger partial charge in [-0.15, -0.1) is 0 Å². The van der Waals surface area contributed by atoms with Crippen LogP contribution in [0, 0.1) is 0 Å². The summed E-state index contributed by atoms with van der Waals surface area (Å²) in [4.78, 5) is 12.7. The number of aliphatic hydroxyl groups is 3. The highest BCUT2D eigenvalue weighted by molar-refractivity contribution is 5.84. The zero-order chi connectivity index (χ0) is 21.1. The van der Waals surface area contributed by atoms with Crippen LogP contribution in [0.25, 0.3) is 11.2 Å². The average molecular weight is 414 g/mol. The molecule has 1 aliphatic heterocycles. The molecule has 2 unspecified atom stereocenters. The SMILES string of the molecule is Nc1ncnc2c1nc(NCCCCc1ccccc1)n2[C@@H]1O[C@H](CO)C(O)C1O. The minimum atomic E-state index is -1.26. The van der Waals surface area contributed by atoms with Gasteiger partial charge in [-0.2, -0.15) is 0 Å². The van der Waals surface area contributed by atoms with Crippen LogP contribution in [0.4, 0.5) is 11.8 Å². The molecule has 2 aromatic heterocycles. The molecule has 0 saturated carbocycles. The maximum Gasteiger partial charge on any atom is 0.207 e.